The Morgan fingerprint density at radius 1 is 1.22 bits per heavy atom. The Hall–Kier alpha value is -3.32. The number of carbonyl (C=O) groups excluding carboxylic acids is 1. The Morgan fingerprint density at radius 3 is 2.69 bits per heavy atom. The first-order valence-electron chi connectivity index (χ1n) is 10.4. The number of allylic oxidation sites excluding steroid dienone is 1. The van der Waals surface area contributed by atoms with Crippen LogP contribution in [0.15, 0.2) is 59.5 Å². The molecule has 7 nitrogen and oxygen atoms in total. The normalized spacial score (nSPS) is 12.9. The second-order valence-electron chi connectivity index (χ2n) is 7.53. The smallest absolute Gasteiger partial charge is 0.261 e. The van der Waals surface area contributed by atoms with Crippen molar-refractivity contribution in [1.29, 1.82) is 0 Å². The number of benzene rings is 2. The van der Waals surface area contributed by atoms with Crippen molar-refractivity contribution in [2.75, 3.05) is 13.7 Å². The summed E-state index contributed by atoms with van der Waals surface area (Å²) in [5, 5.41) is 8.83. The van der Waals surface area contributed by atoms with Crippen LogP contribution in [0.25, 0.3) is 11.5 Å². The fourth-order valence-corrected chi connectivity index (χ4v) is 3.45. The van der Waals surface area contributed by atoms with E-state index in [1.165, 1.54) is 0 Å². The lowest BCUT2D eigenvalue weighted by atomic mass is 10.1. The number of aromatic nitrogens is 2. The van der Waals surface area contributed by atoms with Crippen LogP contribution in [0, 0.1) is 0 Å². The standard InChI is InChI=1S/C24H24ClN3O4/c1-3-4-16-5-12-20(21(13-16)30-2)31-15-23(29)28(19-10-11-19)14-22-26-27-24(32-22)17-6-8-18(25)9-7-17/h3,5-9,12-13,19H,1,4,10-11,14-15H2,2H3. The molecule has 166 valence electrons. The van der Waals surface area contributed by atoms with Gasteiger partial charge in [0, 0.05) is 16.6 Å². The maximum Gasteiger partial charge on any atom is 0.261 e. The van der Waals surface area contributed by atoms with Gasteiger partial charge in [0.15, 0.2) is 18.1 Å². The molecular weight excluding hydrogens is 430 g/mol. The van der Waals surface area contributed by atoms with Crippen LogP contribution in [-0.4, -0.2) is 40.8 Å². The number of halogens is 1. The number of methoxy groups -OCH3 is 1. The zero-order chi connectivity index (χ0) is 22.5. The van der Waals surface area contributed by atoms with Crippen LogP contribution in [0.3, 0.4) is 0 Å². The minimum Gasteiger partial charge on any atom is -0.493 e. The summed E-state index contributed by atoms with van der Waals surface area (Å²) < 4.78 is 17.0. The van der Waals surface area contributed by atoms with Crippen molar-refractivity contribution in [2.24, 2.45) is 0 Å². The van der Waals surface area contributed by atoms with Gasteiger partial charge in [-0.1, -0.05) is 23.7 Å². The zero-order valence-electron chi connectivity index (χ0n) is 17.8. The topological polar surface area (TPSA) is 77.7 Å². The van der Waals surface area contributed by atoms with Crippen molar-refractivity contribution >= 4 is 17.5 Å². The van der Waals surface area contributed by atoms with Crippen molar-refractivity contribution in [1.82, 2.24) is 15.1 Å². The van der Waals surface area contributed by atoms with E-state index in [0.29, 0.717) is 28.3 Å². The van der Waals surface area contributed by atoms with Gasteiger partial charge in [-0.05, 0) is 61.2 Å². The van der Waals surface area contributed by atoms with Crippen LogP contribution in [0.5, 0.6) is 11.5 Å². The van der Waals surface area contributed by atoms with Gasteiger partial charge < -0.3 is 18.8 Å². The van der Waals surface area contributed by atoms with Crippen molar-refractivity contribution in [3.8, 4) is 23.0 Å². The van der Waals surface area contributed by atoms with E-state index in [0.717, 1.165) is 30.4 Å². The first kappa shape index (κ1) is 21.9. The van der Waals surface area contributed by atoms with Gasteiger partial charge in [-0.3, -0.25) is 4.79 Å². The van der Waals surface area contributed by atoms with E-state index >= 15 is 0 Å². The first-order valence-corrected chi connectivity index (χ1v) is 10.7. The molecule has 8 heteroatoms. The van der Waals surface area contributed by atoms with Crippen LogP contribution >= 0.6 is 11.6 Å². The van der Waals surface area contributed by atoms with Crippen LogP contribution in [0.1, 0.15) is 24.3 Å². The van der Waals surface area contributed by atoms with Gasteiger partial charge in [-0.15, -0.1) is 16.8 Å². The summed E-state index contributed by atoms with van der Waals surface area (Å²) in [5.74, 6) is 1.73. The highest BCUT2D eigenvalue weighted by atomic mass is 35.5. The molecule has 4 rings (SSSR count). The molecule has 3 aromatic rings. The highest BCUT2D eigenvalue weighted by molar-refractivity contribution is 6.30. The summed E-state index contributed by atoms with van der Waals surface area (Å²) in [6.45, 7) is 3.88. The average Bonchev–Trinajstić information content (AvgIpc) is 3.54. The number of carbonyl (C=O) groups is 1. The number of hydrogen-bond donors (Lipinski definition) is 0. The zero-order valence-corrected chi connectivity index (χ0v) is 18.5. The number of ether oxygens (including phenoxy) is 2. The molecule has 1 aliphatic carbocycles. The molecule has 0 spiro atoms. The lowest BCUT2D eigenvalue weighted by molar-refractivity contribution is -0.135. The van der Waals surface area contributed by atoms with E-state index in [2.05, 4.69) is 16.8 Å². The summed E-state index contributed by atoms with van der Waals surface area (Å²) in [6.07, 6.45) is 4.45. The Balaban J connectivity index is 1.41. The molecule has 1 fully saturated rings. The third kappa shape index (κ3) is 5.29. The van der Waals surface area contributed by atoms with Gasteiger partial charge in [0.2, 0.25) is 11.8 Å². The summed E-state index contributed by atoms with van der Waals surface area (Å²) in [5.41, 5.74) is 1.83. The summed E-state index contributed by atoms with van der Waals surface area (Å²) in [6, 6.07) is 12.9. The van der Waals surface area contributed by atoms with Gasteiger partial charge in [0.25, 0.3) is 5.91 Å². The van der Waals surface area contributed by atoms with Crippen molar-refractivity contribution in [3.05, 3.63) is 71.6 Å². The van der Waals surface area contributed by atoms with E-state index < -0.39 is 0 Å². The summed E-state index contributed by atoms with van der Waals surface area (Å²) in [7, 11) is 1.58. The van der Waals surface area contributed by atoms with E-state index in [9.17, 15) is 4.79 Å². The van der Waals surface area contributed by atoms with E-state index in [4.69, 9.17) is 25.5 Å². The largest absolute Gasteiger partial charge is 0.493 e. The molecule has 0 aliphatic heterocycles. The Labute approximate surface area is 191 Å². The number of rotatable bonds is 10. The predicted molar refractivity (Wildman–Crippen MR) is 121 cm³/mol. The number of nitrogens with zero attached hydrogens (tertiary/aromatic N) is 3. The highest BCUT2D eigenvalue weighted by Gasteiger charge is 2.34. The monoisotopic (exact) mass is 453 g/mol. The Bertz CT molecular complexity index is 1090. The maximum atomic E-state index is 12.9. The lowest BCUT2D eigenvalue weighted by Crippen LogP contribution is -2.36. The van der Waals surface area contributed by atoms with Gasteiger partial charge in [0.1, 0.15) is 0 Å². The van der Waals surface area contributed by atoms with Gasteiger partial charge in [0.05, 0.1) is 13.7 Å². The molecule has 1 saturated carbocycles. The molecule has 1 amide bonds. The fraction of sp³-hybridized carbons (Fsp3) is 0.292. The molecule has 1 heterocycles. The molecule has 0 unspecified atom stereocenters. The predicted octanol–water partition coefficient (Wildman–Crippen LogP) is 4.70. The van der Waals surface area contributed by atoms with Gasteiger partial charge in [-0.2, -0.15) is 0 Å². The molecule has 0 bridgehead atoms. The van der Waals surface area contributed by atoms with Gasteiger partial charge in [-0.25, -0.2) is 0 Å². The second-order valence-corrected chi connectivity index (χ2v) is 7.96. The second kappa shape index (κ2) is 9.87. The molecule has 0 atom stereocenters. The minimum atomic E-state index is -0.143. The Kier molecular flexibility index (Phi) is 6.75. The van der Waals surface area contributed by atoms with Crippen molar-refractivity contribution in [2.45, 2.75) is 31.8 Å². The summed E-state index contributed by atoms with van der Waals surface area (Å²) >= 11 is 5.93. The SMILES string of the molecule is C=CCc1ccc(OCC(=O)N(Cc2nnc(-c3ccc(Cl)cc3)o2)C2CC2)c(OC)c1. The Morgan fingerprint density at radius 2 is 2.00 bits per heavy atom. The average molecular weight is 454 g/mol. The van der Waals surface area contributed by atoms with E-state index in [-0.39, 0.29) is 25.1 Å². The third-order valence-corrected chi connectivity index (χ3v) is 5.38. The number of hydrogen-bond acceptors (Lipinski definition) is 6. The summed E-state index contributed by atoms with van der Waals surface area (Å²) in [4.78, 5) is 14.7. The maximum absolute atomic E-state index is 12.9. The van der Waals surface area contributed by atoms with Crippen LogP contribution < -0.4 is 9.47 Å². The first-order chi connectivity index (χ1) is 15.6. The van der Waals surface area contributed by atoms with Crippen LogP contribution in [0.4, 0.5) is 0 Å². The third-order valence-electron chi connectivity index (χ3n) is 5.13. The molecule has 1 aromatic heterocycles. The van der Waals surface area contributed by atoms with Crippen molar-refractivity contribution < 1.29 is 18.7 Å². The molecule has 0 radical (unpaired) electrons. The molecule has 32 heavy (non-hydrogen) atoms. The molecule has 2 aromatic carbocycles. The molecule has 0 N–H and O–H groups in total. The molecule has 1 aliphatic rings. The number of amides is 1. The molecule has 0 saturated heterocycles. The molecular formula is C24H24ClN3O4. The van der Waals surface area contributed by atoms with Gasteiger partial charge >= 0.3 is 0 Å². The van der Waals surface area contributed by atoms with E-state index in [1.54, 1.807) is 24.1 Å². The minimum absolute atomic E-state index is 0.105. The van der Waals surface area contributed by atoms with Crippen LogP contribution in [-0.2, 0) is 17.8 Å². The highest BCUT2D eigenvalue weighted by Crippen LogP contribution is 2.31. The quantitative estimate of drug-likeness (QED) is 0.414. The lowest BCUT2D eigenvalue weighted by Gasteiger charge is -2.21. The van der Waals surface area contributed by atoms with Crippen LogP contribution in [0.2, 0.25) is 5.02 Å². The van der Waals surface area contributed by atoms with E-state index in [1.807, 2.05) is 36.4 Å². The fourth-order valence-electron chi connectivity index (χ4n) is 3.33. The van der Waals surface area contributed by atoms with Crippen molar-refractivity contribution in [3.63, 3.8) is 0 Å².